The number of aliphatic hydroxyl groups excluding tert-OH is 2. The molecule has 35 heavy (non-hydrogen) atoms. The number of Topliss-reactive ketones (excluding diaryl/α,β-unsaturated/α-hetero) is 1. The van der Waals surface area contributed by atoms with Gasteiger partial charge in [0.25, 0.3) is 0 Å². The van der Waals surface area contributed by atoms with Crippen LogP contribution in [0, 0.1) is 24.2 Å². The Labute approximate surface area is 213 Å². The van der Waals surface area contributed by atoms with Gasteiger partial charge in [0.1, 0.15) is 11.9 Å². The summed E-state index contributed by atoms with van der Waals surface area (Å²) in [6.07, 6.45) is 7.07. The first-order chi connectivity index (χ1) is 16.4. The Morgan fingerprint density at radius 3 is 2.54 bits per heavy atom. The number of allylic oxidation sites excluding steroid dienone is 3. The minimum absolute atomic E-state index is 0.131. The van der Waals surface area contributed by atoms with E-state index in [0.29, 0.717) is 12.8 Å². The van der Waals surface area contributed by atoms with Crippen molar-refractivity contribution in [1.29, 1.82) is 0 Å². The molecular weight excluding hydrogens is 462 g/mol. The predicted molar refractivity (Wildman–Crippen MR) is 141 cm³/mol. The number of nitrogens with zero attached hydrogens (tertiary/aromatic N) is 1. The van der Waals surface area contributed by atoms with E-state index >= 15 is 0 Å². The molecule has 2 N–H and O–H groups in total. The van der Waals surface area contributed by atoms with Gasteiger partial charge in [-0.3, -0.25) is 9.59 Å². The molecule has 194 valence electrons. The molecule has 0 bridgehead atoms. The smallest absolute Gasteiger partial charge is 0.309 e. The first-order valence-corrected chi connectivity index (χ1v) is 13.3. The van der Waals surface area contributed by atoms with E-state index in [4.69, 9.17) is 4.74 Å². The molecule has 1 aromatic rings. The van der Waals surface area contributed by atoms with E-state index in [1.54, 1.807) is 32.1 Å². The summed E-state index contributed by atoms with van der Waals surface area (Å²) in [5, 5.41) is 24.6. The Hall–Kier alpha value is -2.09. The molecule has 0 amide bonds. The molecule has 0 saturated carbocycles. The minimum Gasteiger partial charge on any atom is -0.457 e. The molecule has 6 nitrogen and oxygen atoms in total. The van der Waals surface area contributed by atoms with Crippen LogP contribution in [0.4, 0.5) is 0 Å². The molecule has 2 heterocycles. The van der Waals surface area contributed by atoms with Crippen LogP contribution in [0.25, 0.3) is 6.08 Å². The Kier molecular flexibility index (Phi) is 10.6. The zero-order valence-corrected chi connectivity index (χ0v) is 22.9. The highest BCUT2D eigenvalue weighted by molar-refractivity contribution is 7.09. The fraction of sp³-hybridized carbons (Fsp3) is 0.607. The second-order valence-corrected chi connectivity index (χ2v) is 11.3. The monoisotopic (exact) mass is 503 g/mol. The van der Waals surface area contributed by atoms with E-state index in [1.807, 2.05) is 44.4 Å². The molecule has 0 radical (unpaired) electrons. The van der Waals surface area contributed by atoms with Gasteiger partial charge in [-0.15, -0.1) is 11.3 Å². The Morgan fingerprint density at radius 2 is 1.94 bits per heavy atom. The highest BCUT2D eigenvalue weighted by atomic mass is 32.1. The first-order valence-electron chi connectivity index (χ1n) is 12.4. The summed E-state index contributed by atoms with van der Waals surface area (Å²) >= 11 is 1.56. The van der Waals surface area contributed by atoms with Gasteiger partial charge >= 0.3 is 5.97 Å². The van der Waals surface area contributed by atoms with E-state index in [0.717, 1.165) is 28.3 Å². The van der Waals surface area contributed by atoms with Gasteiger partial charge in [-0.1, -0.05) is 58.4 Å². The zero-order chi connectivity index (χ0) is 26.3. The highest BCUT2D eigenvalue weighted by Crippen LogP contribution is 2.32. The number of carbonyl (C=O) groups is 2. The van der Waals surface area contributed by atoms with Gasteiger partial charge < -0.3 is 14.9 Å². The predicted octanol–water partition coefficient (Wildman–Crippen LogP) is 5.43. The number of rotatable bonds is 3. The molecule has 0 aliphatic carbocycles. The van der Waals surface area contributed by atoms with Crippen LogP contribution >= 0.6 is 11.3 Å². The van der Waals surface area contributed by atoms with Crippen molar-refractivity contribution in [1.82, 2.24) is 4.98 Å². The van der Waals surface area contributed by atoms with Crippen LogP contribution in [0.15, 0.2) is 34.8 Å². The maximum Gasteiger partial charge on any atom is 0.309 e. The van der Waals surface area contributed by atoms with Crippen molar-refractivity contribution >= 4 is 29.2 Å². The summed E-state index contributed by atoms with van der Waals surface area (Å²) < 4.78 is 5.83. The third-order valence-corrected chi connectivity index (χ3v) is 7.76. The molecule has 0 fully saturated rings. The lowest BCUT2D eigenvalue weighted by atomic mass is 9.73. The summed E-state index contributed by atoms with van der Waals surface area (Å²) in [5.74, 6) is -1.64. The fourth-order valence-electron chi connectivity index (χ4n) is 4.28. The third kappa shape index (κ3) is 7.95. The second kappa shape index (κ2) is 12.7. The van der Waals surface area contributed by atoms with Crippen molar-refractivity contribution in [3.05, 3.63) is 45.5 Å². The van der Waals surface area contributed by atoms with Crippen molar-refractivity contribution in [2.45, 2.75) is 92.5 Å². The van der Waals surface area contributed by atoms with Crippen LogP contribution in [-0.4, -0.2) is 45.3 Å². The van der Waals surface area contributed by atoms with E-state index in [2.05, 4.69) is 18.0 Å². The van der Waals surface area contributed by atoms with Gasteiger partial charge in [-0.2, -0.15) is 0 Å². The van der Waals surface area contributed by atoms with Gasteiger partial charge in [-0.25, -0.2) is 4.98 Å². The van der Waals surface area contributed by atoms with Crippen LogP contribution in [-0.2, 0) is 14.3 Å². The summed E-state index contributed by atoms with van der Waals surface area (Å²) in [7, 11) is 0. The Morgan fingerprint density at radius 1 is 1.26 bits per heavy atom. The average Bonchev–Trinajstić information content (AvgIpc) is 3.21. The van der Waals surface area contributed by atoms with E-state index in [-0.39, 0.29) is 18.1 Å². The van der Waals surface area contributed by atoms with E-state index in [9.17, 15) is 19.8 Å². The van der Waals surface area contributed by atoms with E-state index in [1.165, 1.54) is 0 Å². The third-order valence-electron chi connectivity index (χ3n) is 6.97. The lowest BCUT2D eigenvalue weighted by molar-refractivity contribution is -0.154. The number of hydrogen-bond acceptors (Lipinski definition) is 7. The largest absolute Gasteiger partial charge is 0.457 e. The lowest BCUT2D eigenvalue weighted by Gasteiger charge is -2.34. The molecule has 5 atom stereocenters. The zero-order valence-electron chi connectivity index (χ0n) is 22.1. The number of thiazole rings is 1. The summed E-state index contributed by atoms with van der Waals surface area (Å²) in [5.41, 5.74) is 1.57. The van der Waals surface area contributed by atoms with Gasteiger partial charge in [0.2, 0.25) is 0 Å². The summed E-state index contributed by atoms with van der Waals surface area (Å²) in [6.45, 7) is 12.8. The molecule has 0 spiro atoms. The highest BCUT2D eigenvalue weighted by Gasteiger charge is 2.42. The number of hydrogen-bond donors (Lipinski definition) is 2. The number of carbonyl (C=O) groups excluding carboxylic acids is 2. The second-order valence-electron chi connectivity index (χ2n) is 10.2. The molecule has 0 aromatic carbocycles. The number of aromatic nitrogens is 1. The maximum atomic E-state index is 13.2. The molecule has 1 aliphatic heterocycles. The van der Waals surface area contributed by atoms with Crippen molar-refractivity contribution in [2.24, 2.45) is 17.3 Å². The van der Waals surface area contributed by atoms with Gasteiger partial charge in [-0.05, 0) is 44.3 Å². The fourth-order valence-corrected chi connectivity index (χ4v) is 4.85. The minimum atomic E-state index is -1.23. The number of aryl methyl sites for hydroxylation is 1. The van der Waals surface area contributed by atoms with Crippen molar-refractivity contribution < 1.29 is 24.5 Å². The quantitative estimate of drug-likeness (QED) is 0.534. The van der Waals surface area contributed by atoms with E-state index < -0.39 is 35.6 Å². The first kappa shape index (κ1) is 29.1. The number of aliphatic hydroxyl groups is 2. The van der Waals surface area contributed by atoms with Crippen LogP contribution < -0.4 is 0 Å². The number of esters is 1. The van der Waals surface area contributed by atoms with Gasteiger partial charge in [0.05, 0.1) is 34.7 Å². The van der Waals surface area contributed by atoms with Crippen molar-refractivity contribution in [3.8, 4) is 0 Å². The molecule has 1 aliphatic rings. The molecule has 0 saturated heterocycles. The molecule has 2 rings (SSSR count). The molecule has 1 unspecified atom stereocenters. The number of cyclic esters (lactones) is 1. The van der Waals surface area contributed by atoms with Crippen LogP contribution in [0.2, 0.25) is 0 Å². The molecular formula is C28H41NO5S. The summed E-state index contributed by atoms with van der Waals surface area (Å²) in [4.78, 5) is 30.6. The normalized spacial score (nSPS) is 32.0. The van der Waals surface area contributed by atoms with Crippen molar-refractivity contribution in [2.75, 3.05) is 0 Å². The number of ketones is 1. The summed E-state index contributed by atoms with van der Waals surface area (Å²) in [6, 6.07) is 0. The van der Waals surface area contributed by atoms with Crippen LogP contribution in [0.3, 0.4) is 0 Å². The Bertz CT molecular complexity index is 974. The SMILES string of the molecule is CCC1=C\CC(/C(C)=C/c2csc(C)n2)OC(=O)C[C@H](O)C(C)(C)C(=O)[C@H](C)[C@@H](O)[C@@H](C)C\C=C\1. The standard InChI is InChI=1S/C28H41NO5S/c1-8-21-11-9-10-17(2)26(32)19(4)27(33)28(6,7)24(30)15-25(31)34-23(13-12-21)18(3)14-22-16-35-20(5)29-22/h9,11-12,14,16-17,19,23-24,26,30,32H,8,10,13,15H2,1-7H3/b11-9+,18-14+,21-12+/t17-,19+,23?,24-,26-/m0/s1. The number of ether oxygens (including phenoxy) is 1. The van der Waals surface area contributed by atoms with Crippen LogP contribution in [0.5, 0.6) is 0 Å². The lowest BCUT2D eigenvalue weighted by Crippen LogP contribution is -2.45. The van der Waals surface area contributed by atoms with Crippen LogP contribution in [0.1, 0.15) is 77.9 Å². The maximum absolute atomic E-state index is 13.2. The average molecular weight is 504 g/mol. The van der Waals surface area contributed by atoms with Crippen molar-refractivity contribution in [3.63, 3.8) is 0 Å². The Balaban J connectivity index is 2.41. The molecule has 1 aromatic heterocycles. The van der Waals surface area contributed by atoms with Gasteiger partial charge in [0, 0.05) is 17.7 Å². The topological polar surface area (TPSA) is 96.7 Å². The van der Waals surface area contributed by atoms with Gasteiger partial charge in [0.15, 0.2) is 0 Å². The molecule has 7 heteroatoms.